The number of fused-ring (bicyclic) bond motifs is 1. The number of thiazole rings is 1. The number of nitrogens with zero attached hydrogens (tertiary/aromatic N) is 2. The summed E-state index contributed by atoms with van der Waals surface area (Å²) in [5.74, 6) is -0.151. The van der Waals surface area contributed by atoms with Crippen LogP contribution in [0.25, 0.3) is 20.9 Å². The average molecular weight is 304 g/mol. The highest BCUT2D eigenvalue weighted by molar-refractivity contribution is 7.21. The summed E-state index contributed by atoms with van der Waals surface area (Å²) in [7, 11) is 1.45. The van der Waals surface area contributed by atoms with E-state index in [9.17, 15) is 4.39 Å². The summed E-state index contributed by atoms with van der Waals surface area (Å²) in [5.41, 5.74) is 2.52. The molecule has 1 aromatic carbocycles. The number of hydrogen-bond donors (Lipinski definition) is 0. The Morgan fingerprint density at radius 2 is 1.86 bits per heavy atom. The van der Waals surface area contributed by atoms with Crippen molar-refractivity contribution in [1.82, 2.24) is 9.97 Å². The van der Waals surface area contributed by atoms with Crippen molar-refractivity contribution in [2.45, 2.75) is 20.8 Å². The molecule has 0 unspecified atom stereocenters. The van der Waals surface area contributed by atoms with E-state index in [0.29, 0.717) is 0 Å². The molecule has 0 N–H and O–H groups in total. The molecular formula is C16H17FN2OS. The smallest absolute Gasteiger partial charge is 0.165 e. The molecule has 2 heterocycles. The molecule has 110 valence electrons. The van der Waals surface area contributed by atoms with Gasteiger partial charge in [-0.1, -0.05) is 25.2 Å². The first-order valence-corrected chi connectivity index (χ1v) is 7.57. The van der Waals surface area contributed by atoms with E-state index in [0.717, 1.165) is 26.6 Å². The quantitative estimate of drug-likeness (QED) is 0.679. The van der Waals surface area contributed by atoms with Crippen LogP contribution in [0.1, 0.15) is 19.5 Å². The Balaban J connectivity index is 0.000000774. The summed E-state index contributed by atoms with van der Waals surface area (Å²) < 4.78 is 18.6. The summed E-state index contributed by atoms with van der Waals surface area (Å²) in [6.45, 7) is 5.94. The third kappa shape index (κ3) is 3.19. The third-order valence-electron chi connectivity index (χ3n) is 2.79. The SMILES string of the molecule is CC.COc1ccc(-c2nc3ccc(C)nc3s2)cc1F. The van der Waals surface area contributed by atoms with E-state index in [1.54, 1.807) is 12.1 Å². The summed E-state index contributed by atoms with van der Waals surface area (Å²) >= 11 is 1.46. The molecular weight excluding hydrogens is 287 g/mol. The normalized spacial score (nSPS) is 10.1. The van der Waals surface area contributed by atoms with Crippen LogP contribution in [0.5, 0.6) is 5.75 Å². The van der Waals surface area contributed by atoms with Gasteiger partial charge in [-0.25, -0.2) is 14.4 Å². The molecule has 0 spiro atoms. The van der Waals surface area contributed by atoms with E-state index in [2.05, 4.69) is 9.97 Å². The maximum Gasteiger partial charge on any atom is 0.165 e. The van der Waals surface area contributed by atoms with Gasteiger partial charge in [0.1, 0.15) is 15.4 Å². The Labute approximate surface area is 127 Å². The predicted molar refractivity (Wildman–Crippen MR) is 85.4 cm³/mol. The lowest BCUT2D eigenvalue weighted by molar-refractivity contribution is 0.386. The minimum Gasteiger partial charge on any atom is -0.494 e. The van der Waals surface area contributed by atoms with Crippen LogP contribution in [0.4, 0.5) is 4.39 Å². The molecule has 0 saturated carbocycles. The predicted octanol–water partition coefficient (Wildman–Crippen LogP) is 4.84. The number of aryl methyl sites for hydroxylation is 1. The average Bonchev–Trinajstić information content (AvgIpc) is 2.92. The number of aromatic nitrogens is 2. The molecule has 0 aliphatic carbocycles. The third-order valence-corrected chi connectivity index (χ3v) is 3.81. The zero-order chi connectivity index (χ0) is 15.4. The fraction of sp³-hybridized carbons (Fsp3) is 0.250. The first-order valence-electron chi connectivity index (χ1n) is 6.75. The van der Waals surface area contributed by atoms with Crippen LogP contribution < -0.4 is 4.74 Å². The molecule has 0 radical (unpaired) electrons. The number of rotatable bonds is 2. The number of benzene rings is 1. The van der Waals surface area contributed by atoms with Gasteiger partial charge in [0, 0.05) is 11.3 Å². The van der Waals surface area contributed by atoms with Crippen molar-refractivity contribution < 1.29 is 9.13 Å². The fourth-order valence-electron chi connectivity index (χ4n) is 1.83. The molecule has 0 atom stereocenters. The van der Waals surface area contributed by atoms with Gasteiger partial charge in [-0.05, 0) is 37.3 Å². The van der Waals surface area contributed by atoms with Gasteiger partial charge in [0.15, 0.2) is 11.6 Å². The number of methoxy groups -OCH3 is 1. The van der Waals surface area contributed by atoms with Crippen molar-refractivity contribution in [2.24, 2.45) is 0 Å². The van der Waals surface area contributed by atoms with E-state index in [4.69, 9.17) is 4.74 Å². The zero-order valence-corrected chi connectivity index (χ0v) is 13.3. The lowest BCUT2D eigenvalue weighted by Crippen LogP contribution is -1.88. The Bertz CT molecular complexity index is 755. The molecule has 0 saturated heterocycles. The minimum absolute atomic E-state index is 0.235. The molecule has 0 bridgehead atoms. The maximum absolute atomic E-state index is 13.7. The molecule has 3 aromatic rings. The topological polar surface area (TPSA) is 35.0 Å². The number of hydrogen-bond acceptors (Lipinski definition) is 4. The van der Waals surface area contributed by atoms with Crippen LogP contribution in [0.2, 0.25) is 0 Å². The van der Waals surface area contributed by atoms with Gasteiger partial charge in [-0.3, -0.25) is 0 Å². The van der Waals surface area contributed by atoms with Crippen molar-refractivity contribution in [2.75, 3.05) is 7.11 Å². The Kier molecular flexibility index (Phi) is 4.85. The summed E-state index contributed by atoms with van der Waals surface area (Å²) in [4.78, 5) is 9.75. The monoisotopic (exact) mass is 304 g/mol. The number of ether oxygens (including phenoxy) is 1. The molecule has 3 nitrogen and oxygen atoms in total. The molecule has 0 fully saturated rings. The molecule has 5 heteroatoms. The van der Waals surface area contributed by atoms with E-state index in [1.807, 2.05) is 32.9 Å². The lowest BCUT2D eigenvalue weighted by Gasteiger charge is -2.02. The van der Waals surface area contributed by atoms with E-state index < -0.39 is 0 Å². The Morgan fingerprint density at radius 3 is 2.52 bits per heavy atom. The van der Waals surface area contributed by atoms with E-state index in [1.165, 1.54) is 24.5 Å². The van der Waals surface area contributed by atoms with Gasteiger partial charge in [-0.2, -0.15) is 0 Å². The van der Waals surface area contributed by atoms with Crippen molar-refractivity contribution in [1.29, 1.82) is 0 Å². The van der Waals surface area contributed by atoms with Crippen LogP contribution in [0, 0.1) is 12.7 Å². The van der Waals surface area contributed by atoms with Crippen LogP contribution >= 0.6 is 11.3 Å². The second-order valence-corrected chi connectivity index (χ2v) is 5.12. The van der Waals surface area contributed by atoms with Crippen molar-refractivity contribution in [3.63, 3.8) is 0 Å². The van der Waals surface area contributed by atoms with Gasteiger partial charge in [0.25, 0.3) is 0 Å². The first-order chi connectivity index (χ1) is 10.2. The van der Waals surface area contributed by atoms with Gasteiger partial charge >= 0.3 is 0 Å². The van der Waals surface area contributed by atoms with Crippen LogP contribution in [0.15, 0.2) is 30.3 Å². The van der Waals surface area contributed by atoms with Crippen LogP contribution in [0.3, 0.4) is 0 Å². The lowest BCUT2D eigenvalue weighted by atomic mass is 10.2. The van der Waals surface area contributed by atoms with Gasteiger partial charge in [0.05, 0.1) is 7.11 Å². The second-order valence-electron chi connectivity index (χ2n) is 4.15. The fourth-order valence-corrected chi connectivity index (χ4v) is 2.81. The second kappa shape index (κ2) is 6.63. The molecule has 0 aliphatic rings. The van der Waals surface area contributed by atoms with E-state index in [-0.39, 0.29) is 11.6 Å². The molecule has 0 amide bonds. The highest BCUT2D eigenvalue weighted by atomic mass is 32.1. The van der Waals surface area contributed by atoms with Gasteiger partial charge in [-0.15, -0.1) is 0 Å². The number of halogens is 1. The molecule has 0 aliphatic heterocycles. The summed E-state index contributed by atoms with van der Waals surface area (Å²) in [6.07, 6.45) is 0. The highest BCUT2D eigenvalue weighted by Crippen LogP contribution is 2.31. The standard InChI is InChI=1S/C14H11FN2OS.C2H6/c1-8-3-5-11-14(16-8)19-13(17-11)9-4-6-12(18-2)10(15)7-9;1-2/h3-7H,1-2H3;1-2H3. The molecule has 3 rings (SSSR count). The summed E-state index contributed by atoms with van der Waals surface area (Å²) in [6, 6.07) is 8.68. The molecule has 2 aromatic heterocycles. The van der Waals surface area contributed by atoms with E-state index >= 15 is 0 Å². The largest absolute Gasteiger partial charge is 0.494 e. The maximum atomic E-state index is 13.7. The molecule has 21 heavy (non-hydrogen) atoms. The zero-order valence-electron chi connectivity index (χ0n) is 12.5. The summed E-state index contributed by atoms with van der Waals surface area (Å²) in [5, 5.41) is 0.759. The first kappa shape index (κ1) is 15.4. The van der Waals surface area contributed by atoms with Crippen molar-refractivity contribution >= 4 is 21.7 Å². The number of pyridine rings is 1. The van der Waals surface area contributed by atoms with Gasteiger partial charge < -0.3 is 4.74 Å². The minimum atomic E-state index is -0.386. The van der Waals surface area contributed by atoms with Crippen molar-refractivity contribution in [3.8, 4) is 16.3 Å². The van der Waals surface area contributed by atoms with Gasteiger partial charge in [0.2, 0.25) is 0 Å². The Hall–Kier alpha value is -2.01. The Morgan fingerprint density at radius 1 is 1.10 bits per heavy atom. The van der Waals surface area contributed by atoms with Crippen molar-refractivity contribution in [3.05, 3.63) is 41.8 Å². The van der Waals surface area contributed by atoms with Crippen LogP contribution in [-0.4, -0.2) is 17.1 Å². The van der Waals surface area contributed by atoms with Crippen LogP contribution in [-0.2, 0) is 0 Å². The highest BCUT2D eigenvalue weighted by Gasteiger charge is 2.10.